The third kappa shape index (κ3) is 4.81. The molecule has 2 amide bonds. The predicted octanol–water partition coefficient (Wildman–Crippen LogP) is 2.85. The van der Waals surface area contributed by atoms with Crippen LogP contribution in [0, 0.1) is 18.3 Å². The van der Waals surface area contributed by atoms with Crippen LogP contribution in [0.1, 0.15) is 55.9 Å². The summed E-state index contributed by atoms with van der Waals surface area (Å²) in [5, 5.41) is 3.17. The summed E-state index contributed by atoms with van der Waals surface area (Å²) in [5.74, 6) is -0.807. The highest BCUT2D eigenvalue weighted by Crippen LogP contribution is 2.27. The first-order valence-corrected chi connectivity index (χ1v) is 9.70. The Kier molecular flexibility index (Phi) is 6.39. The summed E-state index contributed by atoms with van der Waals surface area (Å²) in [7, 11) is 0. The number of ether oxygens (including phenoxy) is 1. The van der Waals surface area contributed by atoms with Gasteiger partial charge in [-0.2, -0.15) is 0 Å². The number of aromatic nitrogens is 1. The lowest BCUT2D eigenvalue weighted by Crippen LogP contribution is -2.47. The van der Waals surface area contributed by atoms with Crippen molar-refractivity contribution >= 4 is 34.3 Å². The standard InChI is InChI=1S/C18H27N3O4S/c1-6-25-15(23)13-11(2)19-17(26-13)20-14(22)12-8-7-9-21(10-12)16(24)18(3,4)5/h12H,6-10H2,1-5H3,(H,19,20,22). The molecule has 0 saturated carbocycles. The topological polar surface area (TPSA) is 88.6 Å². The molecule has 0 bridgehead atoms. The van der Waals surface area contributed by atoms with Gasteiger partial charge in [-0.15, -0.1) is 0 Å². The van der Waals surface area contributed by atoms with Crippen molar-refractivity contribution in [2.45, 2.75) is 47.5 Å². The zero-order valence-electron chi connectivity index (χ0n) is 16.0. The van der Waals surface area contributed by atoms with Gasteiger partial charge in [0.25, 0.3) is 0 Å². The molecule has 1 atom stereocenters. The van der Waals surface area contributed by atoms with Crippen LogP contribution in [0.3, 0.4) is 0 Å². The van der Waals surface area contributed by atoms with Crippen LogP contribution in [-0.4, -0.2) is 47.4 Å². The van der Waals surface area contributed by atoms with E-state index in [-0.39, 0.29) is 24.3 Å². The first kappa shape index (κ1) is 20.4. The van der Waals surface area contributed by atoms with Gasteiger partial charge in [-0.05, 0) is 26.7 Å². The zero-order chi connectivity index (χ0) is 19.5. The Morgan fingerprint density at radius 1 is 1.35 bits per heavy atom. The van der Waals surface area contributed by atoms with Gasteiger partial charge in [-0.25, -0.2) is 9.78 Å². The Morgan fingerprint density at radius 2 is 2.04 bits per heavy atom. The SMILES string of the molecule is CCOC(=O)c1sc(NC(=O)C2CCCN(C(=O)C(C)(C)C)C2)nc1C. The van der Waals surface area contributed by atoms with Crippen LogP contribution in [0.5, 0.6) is 0 Å². The normalized spacial score (nSPS) is 17.7. The van der Waals surface area contributed by atoms with E-state index in [0.29, 0.717) is 28.8 Å². The summed E-state index contributed by atoms with van der Waals surface area (Å²) in [6, 6.07) is 0. The lowest BCUT2D eigenvalue weighted by Gasteiger charge is -2.35. The minimum atomic E-state index is -0.459. The fraction of sp³-hybridized carbons (Fsp3) is 0.667. The maximum absolute atomic E-state index is 12.6. The molecule has 144 valence electrons. The van der Waals surface area contributed by atoms with Crippen LogP contribution in [0.15, 0.2) is 0 Å². The Labute approximate surface area is 158 Å². The second kappa shape index (κ2) is 8.16. The van der Waals surface area contributed by atoms with Gasteiger partial charge < -0.3 is 15.0 Å². The van der Waals surface area contributed by atoms with E-state index in [2.05, 4.69) is 10.3 Å². The van der Waals surface area contributed by atoms with Crippen molar-refractivity contribution in [1.82, 2.24) is 9.88 Å². The number of carbonyl (C=O) groups is 3. The van der Waals surface area contributed by atoms with Gasteiger partial charge in [0.1, 0.15) is 4.88 Å². The maximum atomic E-state index is 12.6. The number of likely N-dealkylation sites (tertiary alicyclic amines) is 1. The third-order valence-electron chi connectivity index (χ3n) is 4.21. The largest absolute Gasteiger partial charge is 0.462 e. The molecule has 1 saturated heterocycles. The number of thiazole rings is 1. The van der Waals surface area contributed by atoms with Gasteiger partial charge in [0.15, 0.2) is 5.13 Å². The van der Waals surface area contributed by atoms with E-state index >= 15 is 0 Å². The number of nitrogens with zero attached hydrogens (tertiary/aromatic N) is 2. The quantitative estimate of drug-likeness (QED) is 0.810. The Hall–Kier alpha value is -1.96. The van der Waals surface area contributed by atoms with Gasteiger partial charge in [-0.1, -0.05) is 32.1 Å². The zero-order valence-corrected chi connectivity index (χ0v) is 16.9. The number of anilines is 1. The summed E-state index contributed by atoms with van der Waals surface area (Å²) < 4.78 is 4.99. The molecule has 1 unspecified atom stereocenters. The number of esters is 1. The molecular weight excluding hydrogens is 354 g/mol. The van der Waals surface area contributed by atoms with Gasteiger partial charge in [0.2, 0.25) is 11.8 Å². The molecule has 8 heteroatoms. The van der Waals surface area contributed by atoms with Gasteiger partial charge in [0.05, 0.1) is 18.2 Å². The minimum Gasteiger partial charge on any atom is -0.462 e. The summed E-state index contributed by atoms with van der Waals surface area (Å²) in [6.45, 7) is 10.5. The fourth-order valence-electron chi connectivity index (χ4n) is 2.89. The fourth-order valence-corrected chi connectivity index (χ4v) is 3.76. The summed E-state index contributed by atoms with van der Waals surface area (Å²) in [4.78, 5) is 43.4. The first-order valence-electron chi connectivity index (χ1n) is 8.88. The van der Waals surface area contributed by atoms with Gasteiger partial charge in [0, 0.05) is 18.5 Å². The van der Waals surface area contributed by atoms with Crippen molar-refractivity contribution in [1.29, 1.82) is 0 Å². The van der Waals surface area contributed by atoms with E-state index in [0.717, 1.165) is 24.2 Å². The lowest BCUT2D eigenvalue weighted by atomic mass is 9.91. The monoisotopic (exact) mass is 381 g/mol. The molecule has 0 spiro atoms. The molecule has 1 fully saturated rings. The number of piperidine rings is 1. The van der Waals surface area contributed by atoms with E-state index in [1.807, 2.05) is 20.8 Å². The molecule has 26 heavy (non-hydrogen) atoms. The second-order valence-electron chi connectivity index (χ2n) is 7.48. The van der Waals surface area contributed by atoms with Gasteiger partial charge in [-0.3, -0.25) is 9.59 Å². The molecule has 1 aromatic heterocycles. The van der Waals surface area contributed by atoms with E-state index in [4.69, 9.17) is 4.74 Å². The molecule has 1 aliphatic rings. The molecule has 2 heterocycles. The second-order valence-corrected chi connectivity index (χ2v) is 8.48. The first-order chi connectivity index (χ1) is 12.1. The Balaban J connectivity index is 2.02. The number of rotatable bonds is 4. The molecular formula is C18H27N3O4S. The highest BCUT2D eigenvalue weighted by Gasteiger charge is 2.33. The number of carbonyl (C=O) groups excluding carboxylic acids is 3. The minimum absolute atomic E-state index is 0.0599. The number of amides is 2. The van der Waals surface area contributed by atoms with Crippen molar-refractivity contribution < 1.29 is 19.1 Å². The molecule has 0 aromatic carbocycles. The molecule has 2 rings (SSSR count). The number of hydrogen-bond acceptors (Lipinski definition) is 6. The molecule has 7 nitrogen and oxygen atoms in total. The molecule has 1 aromatic rings. The van der Waals surface area contributed by atoms with Crippen molar-refractivity contribution in [3.63, 3.8) is 0 Å². The Bertz CT molecular complexity index is 693. The Morgan fingerprint density at radius 3 is 2.65 bits per heavy atom. The van der Waals surface area contributed by atoms with E-state index in [1.165, 1.54) is 0 Å². The average Bonchev–Trinajstić information content (AvgIpc) is 2.94. The maximum Gasteiger partial charge on any atom is 0.350 e. The highest BCUT2D eigenvalue weighted by molar-refractivity contribution is 7.17. The van der Waals surface area contributed by atoms with E-state index in [9.17, 15) is 14.4 Å². The number of hydrogen-bond donors (Lipinski definition) is 1. The van der Waals surface area contributed by atoms with Crippen molar-refractivity contribution in [2.75, 3.05) is 25.0 Å². The number of aryl methyl sites for hydroxylation is 1. The number of nitrogens with one attached hydrogen (secondary N) is 1. The summed E-state index contributed by atoms with van der Waals surface area (Å²) in [6.07, 6.45) is 1.53. The van der Waals surface area contributed by atoms with Gasteiger partial charge >= 0.3 is 5.97 Å². The van der Waals surface area contributed by atoms with E-state index in [1.54, 1.807) is 18.7 Å². The van der Waals surface area contributed by atoms with Crippen LogP contribution in [0.25, 0.3) is 0 Å². The van der Waals surface area contributed by atoms with Crippen LogP contribution in [0.4, 0.5) is 5.13 Å². The summed E-state index contributed by atoms with van der Waals surface area (Å²) in [5.41, 5.74) is 0.0798. The lowest BCUT2D eigenvalue weighted by molar-refractivity contribution is -0.142. The van der Waals surface area contributed by atoms with E-state index < -0.39 is 11.4 Å². The van der Waals surface area contributed by atoms with Crippen LogP contribution in [-0.2, 0) is 14.3 Å². The molecule has 0 aliphatic carbocycles. The molecule has 0 radical (unpaired) electrons. The van der Waals surface area contributed by atoms with Crippen molar-refractivity contribution in [3.05, 3.63) is 10.6 Å². The van der Waals surface area contributed by atoms with Crippen LogP contribution in [0.2, 0.25) is 0 Å². The van der Waals surface area contributed by atoms with Crippen molar-refractivity contribution in [3.8, 4) is 0 Å². The third-order valence-corrected chi connectivity index (χ3v) is 5.26. The van der Waals surface area contributed by atoms with Crippen molar-refractivity contribution in [2.24, 2.45) is 11.3 Å². The average molecular weight is 381 g/mol. The predicted molar refractivity (Wildman–Crippen MR) is 100 cm³/mol. The summed E-state index contributed by atoms with van der Waals surface area (Å²) >= 11 is 1.11. The molecule has 1 N–H and O–H groups in total. The molecule has 1 aliphatic heterocycles. The smallest absolute Gasteiger partial charge is 0.350 e. The highest BCUT2D eigenvalue weighted by atomic mass is 32.1. The van der Waals surface area contributed by atoms with Crippen LogP contribution >= 0.6 is 11.3 Å². The van der Waals surface area contributed by atoms with Crippen LogP contribution < -0.4 is 5.32 Å².